The molecule has 1 aromatic carbocycles. The van der Waals surface area contributed by atoms with Crippen LogP contribution in [0.2, 0.25) is 0 Å². The van der Waals surface area contributed by atoms with E-state index in [1.54, 1.807) is 0 Å². The summed E-state index contributed by atoms with van der Waals surface area (Å²) in [6.07, 6.45) is 1.48. The summed E-state index contributed by atoms with van der Waals surface area (Å²) < 4.78 is 16.2. The Balaban J connectivity index is 2.24. The van der Waals surface area contributed by atoms with Crippen molar-refractivity contribution >= 4 is 16.9 Å². The zero-order valence-electron chi connectivity index (χ0n) is 10.5. The Bertz CT molecular complexity index is 639. The molecular formula is C14H13NO4. The van der Waals surface area contributed by atoms with Crippen LogP contribution in [0, 0.1) is 0 Å². The number of hydrogen-bond donors (Lipinski definition) is 0. The van der Waals surface area contributed by atoms with Crippen molar-refractivity contribution in [1.29, 1.82) is 0 Å². The molecule has 2 heterocycles. The van der Waals surface area contributed by atoms with E-state index >= 15 is 0 Å². The van der Waals surface area contributed by atoms with Gasteiger partial charge < -0.3 is 14.2 Å². The van der Waals surface area contributed by atoms with E-state index in [-0.39, 0.29) is 6.61 Å². The first-order valence-corrected chi connectivity index (χ1v) is 6.15. The van der Waals surface area contributed by atoms with E-state index in [1.807, 2.05) is 25.1 Å². The number of pyridine rings is 1. The van der Waals surface area contributed by atoms with Gasteiger partial charge in [0.05, 0.1) is 6.61 Å². The van der Waals surface area contributed by atoms with Crippen molar-refractivity contribution in [3.63, 3.8) is 0 Å². The number of rotatable bonds is 2. The molecule has 0 saturated carbocycles. The van der Waals surface area contributed by atoms with E-state index in [0.717, 1.165) is 5.39 Å². The molecule has 1 aromatic heterocycles. The molecule has 1 aliphatic heterocycles. The van der Waals surface area contributed by atoms with E-state index in [9.17, 15) is 4.79 Å². The lowest BCUT2D eigenvalue weighted by Gasteiger charge is -2.11. The first kappa shape index (κ1) is 11.8. The third-order valence-electron chi connectivity index (χ3n) is 2.89. The number of nitrogens with zero attached hydrogens (tertiary/aromatic N) is 1. The monoisotopic (exact) mass is 259 g/mol. The summed E-state index contributed by atoms with van der Waals surface area (Å²) in [6.45, 7) is 3.06. The van der Waals surface area contributed by atoms with Crippen LogP contribution in [0.15, 0.2) is 24.4 Å². The summed E-state index contributed by atoms with van der Waals surface area (Å²) in [7, 11) is 0. The molecule has 0 atom stereocenters. The van der Waals surface area contributed by atoms with Crippen LogP contribution in [0.4, 0.5) is 0 Å². The predicted molar refractivity (Wildman–Crippen MR) is 68.7 cm³/mol. The van der Waals surface area contributed by atoms with Crippen LogP contribution in [-0.2, 0) is 4.74 Å². The molecule has 0 radical (unpaired) electrons. The molecule has 19 heavy (non-hydrogen) atoms. The molecule has 5 heteroatoms. The second-order valence-corrected chi connectivity index (χ2v) is 4.07. The number of aromatic nitrogens is 1. The van der Waals surface area contributed by atoms with Crippen LogP contribution in [0.1, 0.15) is 17.3 Å². The first-order chi connectivity index (χ1) is 9.31. The highest BCUT2D eigenvalue weighted by atomic mass is 16.6. The van der Waals surface area contributed by atoms with Gasteiger partial charge in [0.25, 0.3) is 0 Å². The van der Waals surface area contributed by atoms with Gasteiger partial charge in [0.2, 0.25) is 0 Å². The number of carbonyl (C=O) groups excluding carboxylic acids is 1. The van der Waals surface area contributed by atoms with Gasteiger partial charge in [0.15, 0.2) is 0 Å². The molecule has 98 valence electrons. The maximum Gasteiger partial charge on any atom is 0.343 e. The highest BCUT2D eigenvalue weighted by Crippen LogP contribution is 2.34. The summed E-state index contributed by atoms with van der Waals surface area (Å²) in [5, 5.41) is 0.766. The van der Waals surface area contributed by atoms with E-state index < -0.39 is 5.97 Å². The molecule has 0 unspecified atom stereocenters. The van der Waals surface area contributed by atoms with Gasteiger partial charge in [-0.2, -0.15) is 0 Å². The number of para-hydroxylation sites is 1. The number of hydrogen-bond acceptors (Lipinski definition) is 5. The minimum atomic E-state index is -0.399. The molecule has 5 nitrogen and oxygen atoms in total. The van der Waals surface area contributed by atoms with Crippen LogP contribution < -0.4 is 9.47 Å². The van der Waals surface area contributed by atoms with E-state index in [1.165, 1.54) is 6.20 Å². The average Bonchev–Trinajstić information content (AvgIpc) is 2.62. The third-order valence-corrected chi connectivity index (χ3v) is 2.89. The molecule has 0 spiro atoms. The smallest absolute Gasteiger partial charge is 0.343 e. The fraction of sp³-hybridized carbons (Fsp3) is 0.286. The van der Waals surface area contributed by atoms with Crippen molar-refractivity contribution in [3.05, 3.63) is 30.0 Å². The molecule has 0 amide bonds. The molecule has 1 aliphatic rings. The lowest BCUT2D eigenvalue weighted by atomic mass is 10.1. The molecule has 0 bridgehead atoms. The number of esters is 1. The first-order valence-electron chi connectivity index (χ1n) is 6.15. The number of fused-ring (bicyclic) bond motifs is 3. The quantitative estimate of drug-likeness (QED) is 0.774. The maximum atomic E-state index is 11.8. The second-order valence-electron chi connectivity index (χ2n) is 4.07. The molecule has 0 saturated heterocycles. The van der Waals surface area contributed by atoms with Gasteiger partial charge in [-0.3, -0.25) is 4.98 Å². The highest BCUT2D eigenvalue weighted by Gasteiger charge is 2.22. The van der Waals surface area contributed by atoms with Crippen LogP contribution in [-0.4, -0.2) is 30.8 Å². The molecule has 0 fully saturated rings. The van der Waals surface area contributed by atoms with Crippen molar-refractivity contribution in [2.24, 2.45) is 0 Å². The summed E-state index contributed by atoms with van der Waals surface area (Å²) >= 11 is 0. The molecular weight excluding hydrogens is 246 g/mol. The van der Waals surface area contributed by atoms with Crippen molar-refractivity contribution in [1.82, 2.24) is 4.98 Å². The maximum absolute atomic E-state index is 11.8. The topological polar surface area (TPSA) is 57.7 Å². The summed E-state index contributed by atoms with van der Waals surface area (Å²) in [6, 6.07) is 5.57. The van der Waals surface area contributed by atoms with Crippen LogP contribution in [0.3, 0.4) is 0 Å². The van der Waals surface area contributed by atoms with Crippen LogP contribution >= 0.6 is 0 Å². The fourth-order valence-corrected chi connectivity index (χ4v) is 2.10. The summed E-state index contributed by atoms with van der Waals surface area (Å²) in [5.41, 5.74) is 1.05. The molecule has 3 rings (SSSR count). The average molecular weight is 259 g/mol. The Morgan fingerprint density at radius 3 is 3.00 bits per heavy atom. The summed E-state index contributed by atoms with van der Waals surface area (Å²) in [4.78, 5) is 16.1. The van der Waals surface area contributed by atoms with Crippen LogP contribution in [0.25, 0.3) is 10.9 Å². The van der Waals surface area contributed by atoms with Crippen molar-refractivity contribution in [2.75, 3.05) is 19.8 Å². The SMILES string of the molecule is CCOc1cccc2c3c(cnc12)C(=O)OCCO3. The zero-order chi connectivity index (χ0) is 13.2. The van der Waals surface area contributed by atoms with Gasteiger partial charge in [-0.15, -0.1) is 0 Å². The number of benzene rings is 1. The Hall–Kier alpha value is -2.30. The predicted octanol–water partition coefficient (Wildman–Crippen LogP) is 2.18. The summed E-state index contributed by atoms with van der Waals surface area (Å²) in [5.74, 6) is 0.807. The fourth-order valence-electron chi connectivity index (χ4n) is 2.10. The van der Waals surface area contributed by atoms with Gasteiger partial charge in [-0.05, 0) is 19.1 Å². The van der Waals surface area contributed by atoms with E-state index in [0.29, 0.717) is 35.8 Å². The number of carbonyl (C=O) groups is 1. The number of cyclic esters (lactones) is 1. The van der Waals surface area contributed by atoms with E-state index in [2.05, 4.69) is 4.98 Å². The van der Waals surface area contributed by atoms with Crippen molar-refractivity contribution in [2.45, 2.75) is 6.92 Å². The van der Waals surface area contributed by atoms with Gasteiger partial charge in [0, 0.05) is 11.6 Å². The highest BCUT2D eigenvalue weighted by molar-refractivity contribution is 6.01. The number of ether oxygens (including phenoxy) is 3. The minimum absolute atomic E-state index is 0.250. The lowest BCUT2D eigenvalue weighted by Crippen LogP contribution is -2.05. The molecule has 0 N–H and O–H groups in total. The largest absolute Gasteiger partial charge is 0.492 e. The Morgan fingerprint density at radius 1 is 1.32 bits per heavy atom. The lowest BCUT2D eigenvalue weighted by molar-refractivity contribution is 0.0492. The van der Waals surface area contributed by atoms with Crippen molar-refractivity contribution in [3.8, 4) is 11.5 Å². The molecule has 0 aliphatic carbocycles. The van der Waals surface area contributed by atoms with Crippen LogP contribution in [0.5, 0.6) is 11.5 Å². The van der Waals surface area contributed by atoms with Gasteiger partial charge in [-0.25, -0.2) is 4.79 Å². The third kappa shape index (κ3) is 1.97. The van der Waals surface area contributed by atoms with Gasteiger partial charge in [0.1, 0.15) is 35.8 Å². The normalized spacial score (nSPS) is 14.3. The zero-order valence-corrected chi connectivity index (χ0v) is 10.5. The Morgan fingerprint density at radius 2 is 2.16 bits per heavy atom. The second kappa shape index (κ2) is 4.76. The Labute approximate surface area is 110 Å². The Kier molecular flexibility index (Phi) is 2.95. The minimum Gasteiger partial charge on any atom is -0.492 e. The van der Waals surface area contributed by atoms with Gasteiger partial charge in [-0.1, -0.05) is 6.07 Å². The van der Waals surface area contributed by atoms with Crippen molar-refractivity contribution < 1.29 is 19.0 Å². The van der Waals surface area contributed by atoms with E-state index in [4.69, 9.17) is 14.2 Å². The standard InChI is InChI=1S/C14H13NO4/c1-2-17-11-5-3-4-9-12(11)15-8-10-13(9)18-6-7-19-14(10)16/h3-5,8H,2,6-7H2,1H3. The van der Waals surface area contributed by atoms with Gasteiger partial charge >= 0.3 is 5.97 Å². The molecule has 2 aromatic rings.